The van der Waals surface area contributed by atoms with E-state index in [1.54, 1.807) is 13.2 Å². The van der Waals surface area contributed by atoms with Crippen LogP contribution in [0.15, 0.2) is 152 Å². The molecular formula is C75H112F2O. The second-order valence-electron chi connectivity index (χ2n) is 28.8. The van der Waals surface area contributed by atoms with E-state index in [-0.39, 0.29) is 17.0 Å². The van der Waals surface area contributed by atoms with Crippen LogP contribution in [0.25, 0.3) is 0 Å². The average Bonchev–Trinajstić information content (AvgIpc) is 3.34. The summed E-state index contributed by atoms with van der Waals surface area (Å²) in [5, 5.41) is 0. The van der Waals surface area contributed by atoms with Gasteiger partial charge < -0.3 is 4.74 Å². The van der Waals surface area contributed by atoms with Crippen molar-refractivity contribution < 1.29 is 13.5 Å². The molecular weight excluding hydrogens is 955 g/mol. The Labute approximate surface area is 479 Å². The molecule has 78 heavy (non-hydrogen) atoms. The smallest absolute Gasteiger partial charge is 0.126 e. The van der Waals surface area contributed by atoms with E-state index < -0.39 is 0 Å². The molecule has 0 N–H and O–H groups in total. The summed E-state index contributed by atoms with van der Waals surface area (Å²) in [4.78, 5) is 0. The molecule has 0 radical (unpaired) electrons. The molecule has 0 atom stereocenters. The second-order valence-corrected chi connectivity index (χ2v) is 28.8. The monoisotopic (exact) mass is 1070 g/mol. The third kappa shape index (κ3) is 40.2. The van der Waals surface area contributed by atoms with Crippen molar-refractivity contribution in [2.24, 2.45) is 32.5 Å². The number of halogens is 2. The second kappa shape index (κ2) is 34.9. The van der Waals surface area contributed by atoms with Gasteiger partial charge >= 0.3 is 0 Å². The molecule has 0 saturated carbocycles. The molecule has 6 rings (SSSR count). The fourth-order valence-electron chi connectivity index (χ4n) is 7.64. The molecule has 0 aromatic heterocycles. The number of rotatable bonds is 13. The standard InChI is InChI=1S/C13H20O.2C13H20.2C12H17F.C12H18/c1-13(2,3)10-9-11-5-7-12(14-4)8-6-11;1-11-6-5-7-12(10-11)8-9-13(2,3)4;1-11-7-5-6-8-12(11)9-10-13(2,3)4;1-12(2,3)9-8-10-4-6-11(13)7-5-10;1-12(2,3)9-8-10-6-4-5-7-11(10)13;1-12(2,3)10-9-11-7-5-4-6-8-11/h5-8H,9-10H2,1-4H3;5-7,10H,8-9H2,1-4H3;5-8H,9-10H2,1-4H3;2*4-7H,8-9H2,1-3H3;4-8H,9-10H2,1-3H3. The highest BCUT2D eigenvalue weighted by atomic mass is 19.1. The van der Waals surface area contributed by atoms with Crippen LogP contribution in [0, 0.1) is 58.0 Å². The Hall–Kier alpha value is -5.02. The van der Waals surface area contributed by atoms with Gasteiger partial charge in [0.25, 0.3) is 0 Å². The van der Waals surface area contributed by atoms with Crippen molar-refractivity contribution in [1.82, 2.24) is 0 Å². The van der Waals surface area contributed by atoms with Gasteiger partial charge in [0, 0.05) is 0 Å². The van der Waals surface area contributed by atoms with Gasteiger partial charge in [0.15, 0.2) is 0 Å². The van der Waals surface area contributed by atoms with Gasteiger partial charge in [-0.05, 0) is 193 Å². The average molecular weight is 1070 g/mol. The summed E-state index contributed by atoms with van der Waals surface area (Å²) in [6, 6.07) is 50.3. The van der Waals surface area contributed by atoms with Crippen molar-refractivity contribution in [3.8, 4) is 5.75 Å². The predicted molar refractivity (Wildman–Crippen MR) is 341 cm³/mol. The first-order valence-electron chi connectivity index (χ1n) is 29.3. The Bertz CT molecular complexity index is 2400. The SMILES string of the molecule is CC(C)(C)CCc1ccc(F)cc1.CC(C)(C)CCc1ccccc1.CC(C)(C)CCc1ccccc1F.COc1ccc(CCC(C)(C)C)cc1.Cc1cccc(CCC(C)(C)C)c1.Cc1ccccc1CCC(C)(C)C. The minimum Gasteiger partial charge on any atom is -0.497 e. The van der Waals surface area contributed by atoms with Crippen LogP contribution in [-0.4, -0.2) is 7.11 Å². The first kappa shape index (κ1) is 71.0. The number of methoxy groups -OCH3 is 1. The van der Waals surface area contributed by atoms with Crippen LogP contribution < -0.4 is 4.74 Å². The van der Waals surface area contributed by atoms with Crippen LogP contribution in [0.4, 0.5) is 8.78 Å². The molecule has 0 aliphatic carbocycles. The van der Waals surface area contributed by atoms with Gasteiger partial charge in [0.2, 0.25) is 0 Å². The molecule has 0 bridgehead atoms. The lowest BCUT2D eigenvalue weighted by Gasteiger charge is -2.18. The molecule has 6 aromatic rings. The van der Waals surface area contributed by atoms with Crippen LogP contribution in [0.5, 0.6) is 5.75 Å². The Kier molecular flexibility index (Phi) is 31.7. The minimum absolute atomic E-state index is 0.0771. The van der Waals surface area contributed by atoms with E-state index in [9.17, 15) is 8.78 Å². The van der Waals surface area contributed by atoms with E-state index in [0.717, 1.165) is 43.4 Å². The highest BCUT2D eigenvalue weighted by molar-refractivity contribution is 5.28. The van der Waals surface area contributed by atoms with Gasteiger partial charge in [-0.15, -0.1) is 0 Å². The maximum absolute atomic E-state index is 13.2. The van der Waals surface area contributed by atoms with Gasteiger partial charge in [-0.25, -0.2) is 8.78 Å². The van der Waals surface area contributed by atoms with Crippen molar-refractivity contribution in [2.45, 2.75) is 216 Å². The molecule has 1 nitrogen and oxygen atoms in total. The van der Waals surface area contributed by atoms with Crippen LogP contribution in [0.2, 0.25) is 0 Å². The Morgan fingerprint density at radius 2 is 0.654 bits per heavy atom. The van der Waals surface area contributed by atoms with Crippen LogP contribution >= 0.6 is 0 Å². The van der Waals surface area contributed by atoms with Crippen molar-refractivity contribution in [3.05, 3.63) is 208 Å². The van der Waals surface area contributed by atoms with Crippen molar-refractivity contribution in [1.29, 1.82) is 0 Å². The number of ether oxygens (including phenoxy) is 1. The van der Waals surface area contributed by atoms with Crippen LogP contribution in [0.3, 0.4) is 0 Å². The molecule has 0 spiro atoms. The van der Waals surface area contributed by atoms with E-state index in [2.05, 4.69) is 229 Å². The fraction of sp³-hybridized carbons (Fsp3) is 0.520. The molecule has 0 heterocycles. The van der Waals surface area contributed by atoms with E-state index in [4.69, 9.17) is 4.74 Å². The number of aryl methyl sites for hydroxylation is 8. The Morgan fingerprint density at radius 1 is 0.321 bits per heavy atom. The van der Waals surface area contributed by atoms with Crippen molar-refractivity contribution in [2.75, 3.05) is 7.11 Å². The van der Waals surface area contributed by atoms with Crippen molar-refractivity contribution in [3.63, 3.8) is 0 Å². The van der Waals surface area contributed by atoms with E-state index in [1.165, 1.54) is 102 Å². The Morgan fingerprint density at radius 3 is 1.05 bits per heavy atom. The van der Waals surface area contributed by atoms with Gasteiger partial charge in [-0.2, -0.15) is 0 Å². The minimum atomic E-state index is -0.153. The van der Waals surface area contributed by atoms with Gasteiger partial charge in [-0.1, -0.05) is 252 Å². The third-order valence-electron chi connectivity index (χ3n) is 13.2. The first-order valence-corrected chi connectivity index (χ1v) is 29.3. The third-order valence-corrected chi connectivity index (χ3v) is 13.2. The lowest BCUT2D eigenvalue weighted by atomic mass is 9.88. The summed E-state index contributed by atoms with van der Waals surface area (Å²) in [5.41, 5.74) is 13.0. The zero-order valence-corrected chi connectivity index (χ0v) is 53.6. The number of benzene rings is 6. The van der Waals surface area contributed by atoms with E-state index in [1.807, 2.05) is 36.4 Å². The molecule has 0 aliphatic heterocycles. The highest BCUT2D eigenvalue weighted by Gasteiger charge is 2.14. The first-order chi connectivity index (χ1) is 36.0. The molecule has 432 valence electrons. The summed E-state index contributed by atoms with van der Waals surface area (Å²) in [6.07, 6.45) is 13.8. The van der Waals surface area contributed by atoms with Gasteiger partial charge in [0.05, 0.1) is 7.11 Å². The zero-order valence-electron chi connectivity index (χ0n) is 53.6. The molecule has 6 aromatic carbocycles. The number of hydrogen-bond donors (Lipinski definition) is 0. The summed E-state index contributed by atoms with van der Waals surface area (Å²) in [6.45, 7) is 45.0. The molecule has 0 amide bonds. The Balaban J connectivity index is 0.000000468. The molecule has 0 aliphatic rings. The molecule has 3 heteroatoms. The maximum Gasteiger partial charge on any atom is 0.126 e. The highest BCUT2D eigenvalue weighted by Crippen LogP contribution is 2.26. The fourth-order valence-corrected chi connectivity index (χ4v) is 7.64. The molecule has 0 saturated heterocycles. The largest absolute Gasteiger partial charge is 0.497 e. The van der Waals surface area contributed by atoms with Crippen molar-refractivity contribution >= 4 is 0 Å². The zero-order chi connectivity index (χ0) is 59.2. The summed E-state index contributed by atoms with van der Waals surface area (Å²) < 4.78 is 30.8. The van der Waals surface area contributed by atoms with Crippen LogP contribution in [-0.2, 0) is 38.5 Å². The van der Waals surface area contributed by atoms with E-state index in [0.29, 0.717) is 27.1 Å². The summed E-state index contributed by atoms with van der Waals surface area (Å²) >= 11 is 0. The van der Waals surface area contributed by atoms with Gasteiger partial charge in [-0.3, -0.25) is 0 Å². The lowest BCUT2D eigenvalue weighted by Crippen LogP contribution is -2.07. The summed E-state index contributed by atoms with van der Waals surface area (Å²) in [7, 11) is 1.70. The van der Waals surface area contributed by atoms with Gasteiger partial charge in [0.1, 0.15) is 17.4 Å². The normalized spacial score (nSPS) is 11.6. The quantitative estimate of drug-likeness (QED) is 0.112. The lowest BCUT2D eigenvalue weighted by molar-refractivity contribution is 0.375. The van der Waals surface area contributed by atoms with Crippen LogP contribution in [0.1, 0.15) is 208 Å². The number of hydrogen-bond acceptors (Lipinski definition) is 1. The molecule has 0 unspecified atom stereocenters. The van der Waals surface area contributed by atoms with E-state index >= 15 is 0 Å². The topological polar surface area (TPSA) is 9.23 Å². The summed E-state index contributed by atoms with van der Waals surface area (Å²) in [5.74, 6) is 0.704. The molecule has 0 fully saturated rings. The maximum atomic E-state index is 13.2. The predicted octanol–water partition coefficient (Wildman–Crippen LogP) is 22.9.